The normalized spacial score (nSPS) is 10.7. The number of amides is 1. The molecule has 0 atom stereocenters. The van der Waals surface area contributed by atoms with Gasteiger partial charge in [0, 0.05) is 37.8 Å². The Morgan fingerprint density at radius 1 is 1.31 bits per heavy atom. The van der Waals surface area contributed by atoms with Gasteiger partial charge in [0.25, 0.3) is 5.91 Å². The highest BCUT2D eigenvalue weighted by Crippen LogP contribution is 2.23. The van der Waals surface area contributed by atoms with E-state index in [0.29, 0.717) is 12.2 Å². The van der Waals surface area contributed by atoms with Gasteiger partial charge in [0.15, 0.2) is 0 Å². The molecule has 0 N–H and O–H groups in total. The number of carbonyl (C=O) groups is 1. The Kier molecular flexibility index (Phi) is 5.68. The molecular formula is C19H22N4O2S. The Bertz CT molecular complexity index is 870. The lowest BCUT2D eigenvalue weighted by Gasteiger charge is -2.15. The Morgan fingerprint density at radius 3 is 2.73 bits per heavy atom. The summed E-state index contributed by atoms with van der Waals surface area (Å²) in [6.07, 6.45) is 5.46. The molecule has 0 aliphatic heterocycles. The van der Waals surface area contributed by atoms with Crippen molar-refractivity contribution >= 4 is 17.2 Å². The molecular weight excluding hydrogens is 348 g/mol. The van der Waals surface area contributed by atoms with Crippen molar-refractivity contribution in [1.29, 1.82) is 0 Å². The summed E-state index contributed by atoms with van der Waals surface area (Å²) in [5, 5.41) is 6.77. The highest BCUT2D eigenvalue weighted by Gasteiger charge is 2.16. The third-order valence-corrected chi connectivity index (χ3v) is 5.03. The zero-order chi connectivity index (χ0) is 18.5. The molecule has 26 heavy (non-hydrogen) atoms. The molecule has 1 aromatic carbocycles. The minimum Gasteiger partial charge on any atom is -0.497 e. The number of nitrogens with zero attached hydrogens (tertiary/aromatic N) is 4. The minimum absolute atomic E-state index is 0.0499. The van der Waals surface area contributed by atoms with E-state index in [-0.39, 0.29) is 5.91 Å². The van der Waals surface area contributed by atoms with Crippen molar-refractivity contribution in [2.24, 2.45) is 7.05 Å². The van der Waals surface area contributed by atoms with Crippen molar-refractivity contribution in [3.05, 3.63) is 53.3 Å². The summed E-state index contributed by atoms with van der Waals surface area (Å²) < 4.78 is 6.89. The highest BCUT2D eigenvalue weighted by molar-refractivity contribution is 7.13. The van der Waals surface area contributed by atoms with Crippen LogP contribution < -0.4 is 4.74 Å². The van der Waals surface area contributed by atoms with E-state index in [4.69, 9.17) is 4.74 Å². The molecule has 136 valence electrons. The van der Waals surface area contributed by atoms with Gasteiger partial charge in [0.2, 0.25) is 0 Å². The Labute approximate surface area is 157 Å². The summed E-state index contributed by atoms with van der Waals surface area (Å²) in [4.78, 5) is 18.7. The molecule has 0 aliphatic rings. The van der Waals surface area contributed by atoms with E-state index in [2.05, 4.69) is 22.2 Å². The summed E-state index contributed by atoms with van der Waals surface area (Å²) in [5.74, 6) is 0.806. The van der Waals surface area contributed by atoms with Crippen molar-refractivity contribution in [2.45, 2.75) is 12.8 Å². The molecule has 1 amide bonds. The third kappa shape index (κ3) is 4.29. The second-order valence-corrected chi connectivity index (χ2v) is 6.98. The van der Waals surface area contributed by atoms with Crippen LogP contribution in [0.1, 0.15) is 22.5 Å². The largest absolute Gasteiger partial charge is 0.497 e. The Balaban J connectivity index is 1.53. The van der Waals surface area contributed by atoms with Crippen molar-refractivity contribution in [3.8, 4) is 16.3 Å². The summed E-state index contributed by atoms with van der Waals surface area (Å²) in [6, 6.07) is 8.03. The summed E-state index contributed by atoms with van der Waals surface area (Å²) in [6.45, 7) is 0.685. The minimum atomic E-state index is -0.0499. The molecule has 0 saturated carbocycles. The Hall–Kier alpha value is -2.67. The zero-order valence-electron chi connectivity index (χ0n) is 15.2. The fraction of sp³-hybridized carbons (Fsp3) is 0.316. The van der Waals surface area contributed by atoms with Crippen LogP contribution >= 0.6 is 11.3 Å². The fourth-order valence-corrected chi connectivity index (χ4v) is 3.42. The lowest BCUT2D eigenvalue weighted by Crippen LogP contribution is -2.28. The Morgan fingerprint density at radius 2 is 2.08 bits per heavy atom. The summed E-state index contributed by atoms with van der Waals surface area (Å²) in [5.41, 5.74) is 2.65. The van der Waals surface area contributed by atoms with E-state index >= 15 is 0 Å². The highest BCUT2D eigenvalue weighted by atomic mass is 32.1. The van der Waals surface area contributed by atoms with E-state index in [0.717, 1.165) is 29.2 Å². The quantitative estimate of drug-likeness (QED) is 0.640. The number of benzene rings is 1. The van der Waals surface area contributed by atoms with Crippen molar-refractivity contribution < 1.29 is 9.53 Å². The van der Waals surface area contributed by atoms with Crippen LogP contribution in [0.5, 0.6) is 5.75 Å². The molecule has 3 rings (SSSR count). The fourth-order valence-electron chi connectivity index (χ4n) is 2.65. The van der Waals surface area contributed by atoms with Gasteiger partial charge in [-0.2, -0.15) is 5.10 Å². The number of rotatable bonds is 7. The predicted octanol–water partition coefficient (Wildman–Crippen LogP) is 3.26. The lowest BCUT2D eigenvalue weighted by atomic mass is 10.1. The maximum absolute atomic E-state index is 12.6. The molecule has 0 radical (unpaired) electrons. The van der Waals surface area contributed by atoms with Crippen LogP contribution in [0, 0.1) is 0 Å². The van der Waals surface area contributed by atoms with Gasteiger partial charge in [-0.15, -0.1) is 11.3 Å². The van der Waals surface area contributed by atoms with E-state index in [9.17, 15) is 4.79 Å². The van der Waals surface area contributed by atoms with Crippen molar-refractivity contribution in [3.63, 3.8) is 0 Å². The summed E-state index contributed by atoms with van der Waals surface area (Å²) in [7, 11) is 5.34. The zero-order valence-corrected chi connectivity index (χ0v) is 16.0. The molecule has 7 heteroatoms. The molecule has 6 nitrogen and oxygen atoms in total. The van der Waals surface area contributed by atoms with E-state index in [1.807, 2.05) is 37.8 Å². The number of ether oxygens (including phenoxy) is 1. The topological polar surface area (TPSA) is 60.2 Å². The maximum Gasteiger partial charge on any atom is 0.273 e. The van der Waals surface area contributed by atoms with Crippen LogP contribution in [-0.4, -0.2) is 46.3 Å². The molecule has 0 aliphatic carbocycles. The monoisotopic (exact) mass is 370 g/mol. The smallest absolute Gasteiger partial charge is 0.273 e. The van der Waals surface area contributed by atoms with Gasteiger partial charge < -0.3 is 9.64 Å². The summed E-state index contributed by atoms with van der Waals surface area (Å²) >= 11 is 1.46. The third-order valence-electron chi connectivity index (χ3n) is 4.14. The molecule has 0 fully saturated rings. The van der Waals surface area contributed by atoms with Gasteiger partial charge in [0.1, 0.15) is 16.5 Å². The molecule has 0 spiro atoms. The van der Waals surface area contributed by atoms with Gasteiger partial charge in [-0.05, 0) is 30.5 Å². The first kappa shape index (κ1) is 18.1. The number of hydrogen-bond acceptors (Lipinski definition) is 5. The number of thiazole rings is 1. The average molecular weight is 370 g/mol. The van der Waals surface area contributed by atoms with Gasteiger partial charge >= 0.3 is 0 Å². The maximum atomic E-state index is 12.6. The van der Waals surface area contributed by atoms with Crippen LogP contribution in [0.25, 0.3) is 10.6 Å². The van der Waals surface area contributed by atoms with Crippen LogP contribution in [-0.2, 0) is 13.5 Å². The van der Waals surface area contributed by atoms with Gasteiger partial charge in [-0.25, -0.2) is 4.98 Å². The number of aromatic nitrogens is 3. The van der Waals surface area contributed by atoms with Gasteiger partial charge in [0.05, 0.1) is 13.3 Å². The van der Waals surface area contributed by atoms with E-state index < -0.39 is 0 Å². The second-order valence-electron chi connectivity index (χ2n) is 6.12. The van der Waals surface area contributed by atoms with Crippen LogP contribution in [0.2, 0.25) is 0 Å². The first-order chi connectivity index (χ1) is 12.6. The van der Waals surface area contributed by atoms with E-state index in [1.54, 1.807) is 22.9 Å². The van der Waals surface area contributed by atoms with Crippen LogP contribution in [0.4, 0.5) is 0 Å². The molecule has 0 unspecified atom stereocenters. The van der Waals surface area contributed by atoms with E-state index in [1.165, 1.54) is 16.9 Å². The number of methoxy groups -OCH3 is 1. The van der Waals surface area contributed by atoms with Crippen molar-refractivity contribution in [1.82, 2.24) is 19.7 Å². The SMILES string of the molecule is COc1ccc(CCCN(C)C(=O)c2csc(-c3cnn(C)c3)n2)cc1. The second kappa shape index (κ2) is 8.14. The van der Waals surface area contributed by atoms with Gasteiger partial charge in [-0.1, -0.05) is 12.1 Å². The first-order valence-electron chi connectivity index (χ1n) is 8.40. The molecule has 0 bridgehead atoms. The average Bonchev–Trinajstić information content (AvgIpc) is 3.30. The molecule has 2 heterocycles. The number of aryl methyl sites for hydroxylation is 2. The number of carbonyl (C=O) groups excluding carboxylic acids is 1. The predicted molar refractivity (Wildman–Crippen MR) is 103 cm³/mol. The van der Waals surface area contributed by atoms with Gasteiger partial charge in [-0.3, -0.25) is 9.48 Å². The van der Waals surface area contributed by atoms with Crippen molar-refractivity contribution in [2.75, 3.05) is 20.7 Å². The molecule has 3 aromatic rings. The molecule has 2 aromatic heterocycles. The van der Waals surface area contributed by atoms with Crippen LogP contribution in [0.15, 0.2) is 42.0 Å². The molecule has 0 saturated heterocycles. The standard InChI is InChI=1S/C19H22N4O2S/c1-22(10-4-5-14-6-8-16(25-3)9-7-14)19(24)17-13-26-18(21-17)15-11-20-23(2)12-15/h6-9,11-13H,4-5,10H2,1-3H3. The first-order valence-corrected chi connectivity index (χ1v) is 9.27. The van der Waals surface area contributed by atoms with Crippen LogP contribution in [0.3, 0.4) is 0 Å². The lowest BCUT2D eigenvalue weighted by molar-refractivity contribution is 0.0788. The number of hydrogen-bond donors (Lipinski definition) is 0.